The Morgan fingerprint density at radius 3 is 3.05 bits per heavy atom. The predicted molar refractivity (Wildman–Crippen MR) is 83.1 cm³/mol. The minimum absolute atomic E-state index is 0.0446. The van der Waals surface area contributed by atoms with Crippen molar-refractivity contribution in [2.45, 2.75) is 51.5 Å². The quantitative estimate of drug-likeness (QED) is 0.899. The van der Waals surface area contributed by atoms with Crippen molar-refractivity contribution in [3.63, 3.8) is 0 Å². The molecule has 0 spiro atoms. The van der Waals surface area contributed by atoms with E-state index in [4.69, 9.17) is 4.74 Å². The number of piperidine rings is 1. The van der Waals surface area contributed by atoms with E-state index in [2.05, 4.69) is 21.5 Å². The Hall–Kier alpha value is -1.40. The second kappa shape index (κ2) is 6.38. The standard InChI is InChI=1S/C16H26N4O2/c1-11(2)18-16(21)14-6-13-4-5-20(10-15(13)22-14)9-12-7-17-19(3)8-12/h7-8,11,13-15H,4-6,9-10H2,1-3H3,(H,18,21)/t13-,14-,15+/m1/s1. The zero-order chi connectivity index (χ0) is 15.7. The van der Waals surface area contributed by atoms with Crippen LogP contribution in [0, 0.1) is 5.92 Å². The molecule has 1 aromatic rings. The largest absolute Gasteiger partial charge is 0.364 e. The van der Waals surface area contributed by atoms with Gasteiger partial charge in [0.25, 0.3) is 0 Å². The van der Waals surface area contributed by atoms with Crippen molar-refractivity contribution >= 4 is 5.91 Å². The maximum Gasteiger partial charge on any atom is 0.249 e. The van der Waals surface area contributed by atoms with Crippen LogP contribution >= 0.6 is 0 Å². The fourth-order valence-corrected chi connectivity index (χ4v) is 3.50. The molecule has 0 aliphatic carbocycles. The van der Waals surface area contributed by atoms with E-state index in [1.54, 1.807) is 0 Å². The van der Waals surface area contributed by atoms with E-state index < -0.39 is 0 Å². The number of nitrogens with one attached hydrogen (secondary N) is 1. The molecule has 0 aromatic carbocycles. The second-order valence-electron chi connectivity index (χ2n) is 6.87. The molecule has 6 heteroatoms. The zero-order valence-corrected chi connectivity index (χ0v) is 13.7. The average molecular weight is 306 g/mol. The molecule has 2 saturated heterocycles. The summed E-state index contributed by atoms with van der Waals surface area (Å²) in [5, 5.41) is 7.18. The fraction of sp³-hybridized carbons (Fsp3) is 0.750. The van der Waals surface area contributed by atoms with Gasteiger partial charge in [-0.05, 0) is 39.2 Å². The number of ether oxygens (including phenoxy) is 1. The summed E-state index contributed by atoms with van der Waals surface area (Å²) in [5.41, 5.74) is 1.23. The maximum atomic E-state index is 12.1. The van der Waals surface area contributed by atoms with Crippen molar-refractivity contribution in [2.24, 2.45) is 13.0 Å². The number of carbonyl (C=O) groups excluding carboxylic acids is 1. The Bertz CT molecular complexity index is 528. The molecule has 0 saturated carbocycles. The van der Waals surface area contributed by atoms with E-state index in [-0.39, 0.29) is 24.2 Å². The van der Waals surface area contributed by atoms with Crippen LogP contribution in [0.1, 0.15) is 32.3 Å². The topological polar surface area (TPSA) is 59.4 Å². The number of fused-ring (bicyclic) bond motifs is 1. The normalized spacial score (nSPS) is 28.8. The minimum atomic E-state index is -0.268. The van der Waals surface area contributed by atoms with E-state index in [1.807, 2.05) is 31.8 Å². The minimum Gasteiger partial charge on any atom is -0.364 e. The molecular formula is C16H26N4O2. The van der Waals surface area contributed by atoms with E-state index in [0.29, 0.717) is 5.92 Å². The van der Waals surface area contributed by atoms with E-state index in [0.717, 1.165) is 32.5 Å². The number of carbonyl (C=O) groups is 1. The highest BCUT2D eigenvalue weighted by molar-refractivity contribution is 5.81. The summed E-state index contributed by atoms with van der Waals surface area (Å²) in [6, 6.07) is 0.167. The van der Waals surface area contributed by atoms with Gasteiger partial charge < -0.3 is 10.1 Å². The molecule has 0 bridgehead atoms. The lowest BCUT2D eigenvalue weighted by atomic mass is 9.91. The van der Waals surface area contributed by atoms with Gasteiger partial charge in [0, 0.05) is 37.9 Å². The molecule has 2 fully saturated rings. The highest BCUT2D eigenvalue weighted by Crippen LogP contribution is 2.33. The Kier molecular flexibility index (Phi) is 4.49. The third-order valence-electron chi connectivity index (χ3n) is 4.52. The molecular weight excluding hydrogens is 280 g/mol. The summed E-state index contributed by atoms with van der Waals surface area (Å²) < 4.78 is 7.86. The van der Waals surface area contributed by atoms with Crippen LogP contribution in [-0.4, -0.2) is 51.9 Å². The summed E-state index contributed by atoms with van der Waals surface area (Å²) in [4.78, 5) is 14.5. The van der Waals surface area contributed by atoms with Crippen LogP contribution in [0.25, 0.3) is 0 Å². The maximum absolute atomic E-state index is 12.1. The monoisotopic (exact) mass is 306 g/mol. The van der Waals surface area contributed by atoms with Crippen molar-refractivity contribution in [2.75, 3.05) is 13.1 Å². The van der Waals surface area contributed by atoms with E-state index in [9.17, 15) is 4.79 Å². The van der Waals surface area contributed by atoms with Crippen LogP contribution in [0.2, 0.25) is 0 Å². The third-order valence-corrected chi connectivity index (χ3v) is 4.52. The molecule has 1 amide bonds. The van der Waals surface area contributed by atoms with Crippen LogP contribution in [0.3, 0.4) is 0 Å². The number of aromatic nitrogens is 2. The van der Waals surface area contributed by atoms with E-state index in [1.165, 1.54) is 5.56 Å². The number of hydrogen-bond donors (Lipinski definition) is 1. The van der Waals surface area contributed by atoms with Crippen LogP contribution in [-0.2, 0) is 23.1 Å². The van der Waals surface area contributed by atoms with Crippen LogP contribution in [0.15, 0.2) is 12.4 Å². The van der Waals surface area contributed by atoms with Crippen molar-refractivity contribution in [1.29, 1.82) is 0 Å². The van der Waals surface area contributed by atoms with Gasteiger partial charge in [-0.25, -0.2) is 0 Å². The van der Waals surface area contributed by atoms with Gasteiger partial charge in [-0.1, -0.05) is 0 Å². The zero-order valence-electron chi connectivity index (χ0n) is 13.7. The molecule has 1 N–H and O–H groups in total. The molecule has 6 nitrogen and oxygen atoms in total. The van der Waals surface area contributed by atoms with Gasteiger partial charge in [0.05, 0.1) is 12.3 Å². The van der Waals surface area contributed by atoms with Crippen molar-refractivity contribution < 1.29 is 9.53 Å². The van der Waals surface area contributed by atoms with Gasteiger partial charge in [0.15, 0.2) is 0 Å². The van der Waals surface area contributed by atoms with Crippen molar-refractivity contribution in [3.05, 3.63) is 18.0 Å². The van der Waals surface area contributed by atoms with Gasteiger partial charge >= 0.3 is 0 Å². The number of aryl methyl sites for hydroxylation is 1. The molecule has 0 unspecified atom stereocenters. The second-order valence-corrected chi connectivity index (χ2v) is 6.87. The average Bonchev–Trinajstić information content (AvgIpc) is 3.04. The smallest absolute Gasteiger partial charge is 0.249 e. The molecule has 2 aliphatic rings. The summed E-state index contributed by atoms with van der Waals surface area (Å²) in [7, 11) is 1.94. The Morgan fingerprint density at radius 1 is 1.55 bits per heavy atom. The van der Waals surface area contributed by atoms with Gasteiger partial charge in [-0.3, -0.25) is 14.4 Å². The fourth-order valence-electron chi connectivity index (χ4n) is 3.50. The lowest BCUT2D eigenvalue weighted by molar-refractivity contribution is -0.133. The van der Waals surface area contributed by atoms with E-state index >= 15 is 0 Å². The molecule has 1 aromatic heterocycles. The third kappa shape index (κ3) is 3.50. The Labute approximate surface area is 131 Å². The Morgan fingerprint density at radius 2 is 2.36 bits per heavy atom. The molecule has 3 atom stereocenters. The van der Waals surface area contributed by atoms with Gasteiger partial charge in [0.2, 0.25) is 5.91 Å². The predicted octanol–water partition coefficient (Wildman–Crippen LogP) is 0.924. The number of hydrogen-bond acceptors (Lipinski definition) is 4. The Balaban J connectivity index is 1.54. The molecule has 2 aliphatic heterocycles. The molecule has 122 valence electrons. The first-order valence-electron chi connectivity index (χ1n) is 8.17. The molecule has 22 heavy (non-hydrogen) atoms. The number of nitrogens with zero attached hydrogens (tertiary/aromatic N) is 3. The SMILES string of the molecule is CC(C)NC(=O)[C@H]1C[C@H]2CCN(Cc3cnn(C)c3)C[C@@H]2O1. The van der Waals surface area contributed by atoms with Gasteiger partial charge in [-0.2, -0.15) is 5.10 Å². The number of amides is 1. The van der Waals surface area contributed by atoms with Gasteiger partial charge in [0.1, 0.15) is 6.10 Å². The summed E-state index contributed by atoms with van der Waals surface area (Å²) >= 11 is 0. The van der Waals surface area contributed by atoms with Crippen molar-refractivity contribution in [3.8, 4) is 0 Å². The first-order chi connectivity index (χ1) is 10.5. The molecule has 3 rings (SSSR count). The van der Waals surface area contributed by atoms with Crippen molar-refractivity contribution in [1.82, 2.24) is 20.0 Å². The first-order valence-corrected chi connectivity index (χ1v) is 8.17. The number of likely N-dealkylation sites (tertiary alicyclic amines) is 1. The van der Waals surface area contributed by atoms with Gasteiger partial charge in [-0.15, -0.1) is 0 Å². The first kappa shape index (κ1) is 15.5. The lowest BCUT2D eigenvalue weighted by Crippen LogP contribution is -2.42. The summed E-state index contributed by atoms with van der Waals surface area (Å²) in [6.07, 6.45) is 5.87. The highest BCUT2D eigenvalue weighted by atomic mass is 16.5. The highest BCUT2D eigenvalue weighted by Gasteiger charge is 2.41. The van der Waals surface area contributed by atoms with Crippen LogP contribution < -0.4 is 5.32 Å². The lowest BCUT2D eigenvalue weighted by Gasteiger charge is -2.33. The summed E-state index contributed by atoms with van der Waals surface area (Å²) in [6.45, 7) is 6.84. The van der Waals surface area contributed by atoms with Crippen LogP contribution in [0.4, 0.5) is 0 Å². The molecule has 3 heterocycles. The van der Waals surface area contributed by atoms with Crippen LogP contribution in [0.5, 0.6) is 0 Å². The molecule has 0 radical (unpaired) electrons. The summed E-state index contributed by atoms with van der Waals surface area (Å²) in [5.74, 6) is 0.566. The number of rotatable bonds is 4.